The van der Waals surface area contributed by atoms with Gasteiger partial charge in [0.15, 0.2) is 0 Å². The van der Waals surface area contributed by atoms with Gasteiger partial charge in [0.05, 0.1) is 12.7 Å². The Balaban J connectivity index is 2.07. The molecule has 1 heterocycles. The van der Waals surface area contributed by atoms with E-state index >= 15 is 0 Å². The van der Waals surface area contributed by atoms with Crippen LogP contribution in [0.1, 0.15) is 51.5 Å². The van der Waals surface area contributed by atoms with Crippen LogP contribution in [0.25, 0.3) is 0 Å². The fourth-order valence-corrected chi connectivity index (χ4v) is 2.26. The van der Waals surface area contributed by atoms with Gasteiger partial charge in [-0.05, 0) is 12.3 Å². The molecular weight excluding hydrogens is 264 g/mol. The molecule has 1 N–H and O–H groups in total. The molecule has 0 aliphatic heterocycles. The number of amides is 2. The number of carbonyl (C=O) groups excluding carboxylic acids is 1. The van der Waals surface area contributed by atoms with Gasteiger partial charge in [0.25, 0.3) is 0 Å². The van der Waals surface area contributed by atoms with Gasteiger partial charge < -0.3 is 10.2 Å². The van der Waals surface area contributed by atoms with E-state index in [0.29, 0.717) is 6.54 Å². The lowest BCUT2D eigenvalue weighted by Crippen LogP contribution is -2.37. The molecular formula is C16H30N4O. The smallest absolute Gasteiger partial charge is 0.317 e. The molecule has 0 aliphatic rings. The average Bonchev–Trinajstić information content (AvgIpc) is 2.82. The molecule has 21 heavy (non-hydrogen) atoms. The molecule has 0 saturated heterocycles. The molecule has 0 atom stereocenters. The van der Waals surface area contributed by atoms with Crippen LogP contribution >= 0.6 is 0 Å². The van der Waals surface area contributed by atoms with Crippen LogP contribution in [-0.2, 0) is 13.6 Å². The van der Waals surface area contributed by atoms with E-state index in [9.17, 15) is 4.79 Å². The van der Waals surface area contributed by atoms with Crippen LogP contribution in [0.3, 0.4) is 0 Å². The molecule has 0 radical (unpaired) electrons. The van der Waals surface area contributed by atoms with Crippen molar-refractivity contribution in [2.45, 2.75) is 52.5 Å². The predicted molar refractivity (Wildman–Crippen MR) is 86.0 cm³/mol. The first-order valence-electron chi connectivity index (χ1n) is 7.95. The number of aromatic nitrogens is 2. The quantitative estimate of drug-likeness (QED) is 0.711. The second kappa shape index (κ2) is 9.42. The minimum absolute atomic E-state index is 0.0129. The van der Waals surface area contributed by atoms with E-state index in [1.807, 2.05) is 20.3 Å². The van der Waals surface area contributed by atoms with Crippen LogP contribution in [0.2, 0.25) is 0 Å². The van der Waals surface area contributed by atoms with Crippen molar-refractivity contribution in [2.75, 3.05) is 13.6 Å². The van der Waals surface area contributed by atoms with Crippen molar-refractivity contribution < 1.29 is 4.79 Å². The number of nitrogens with zero attached hydrogens (tertiary/aromatic N) is 3. The molecule has 1 aromatic rings. The number of unbranched alkanes of at least 4 members (excludes halogenated alkanes) is 3. The summed E-state index contributed by atoms with van der Waals surface area (Å²) >= 11 is 0. The number of urea groups is 1. The molecule has 0 unspecified atom stereocenters. The Morgan fingerprint density at radius 3 is 2.67 bits per heavy atom. The number of aryl methyl sites for hydroxylation is 1. The molecule has 0 bridgehead atoms. The number of carbonyl (C=O) groups is 1. The lowest BCUT2D eigenvalue weighted by Gasteiger charge is -2.17. The third-order valence-corrected chi connectivity index (χ3v) is 3.51. The largest absolute Gasteiger partial charge is 0.338 e. The van der Waals surface area contributed by atoms with E-state index in [1.54, 1.807) is 15.8 Å². The van der Waals surface area contributed by atoms with E-state index in [1.165, 1.54) is 25.7 Å². The summed E-state index contributed by atoms with van der Waals surface area (Å²) in [6.07, 6.45) is 9.84. The van der Waals surface area contributed by atoms with E-state index < -0.39 is 0 Å². The predicted octanol–water partition coefficient (Wildman–Crippen LogP) is 3.17. The number of nitrogens with one attached hydrogen (secondary N) is 1. The van der Waals surface area contributed by atoms with Crippen LogP contribution in [0.15, 0.2) is 12.4 Å². The van der Waals surface area contributed by atoms with E-state index in [4.69, 9.17) is 0 Å². The molecule has 120 valence electrons. The zero-order valence-electron chi connectivity index (χ0n) is 13.9. The maximum atomic E-state index is 11.9. The van der Waals surface area contributed by atoms with Gasteiger partial charge in [0, 0.05) is 32.4 Å². The van der Waals surface area contributed by atoms with Crippen molar-refractivity contribution in [3.8, 4) is 0 Å². The average molecular weight is 294 g/mol. The summed E-state index contributed by atoms with van der Waals surface area (Å²) in [5, 5.41) is 7.07. The lowest BCUT2D eigenvalue weighted by molar-refractivity contribution is 0.206. The zero-order valence-corrected chi connectivity index (χ0v) is 13.9. The van der Waals surface area contributed by atoms with Gasteiger partial charge in [-0.3, -0.25) is 4.68 Å². The first-order valence-corrected chi connectivity index (χ1v) is 7.95. The normalized spacial score (nSPS) is 10.9. The standard InChI is InChI=1S/C16H30N4O/c1-14(2)9-7-5-6-8-10-17-16(21)19(3)12-15-11-18-20(4)13-15/h11,13-14H,5-10,12H2,1-4H3,(H,17,21). The molecule has 0 aliphatic carbocycles. The fourth-order valence-electron chi connectivity index (χ4n) is 2.26. The zero-order chi connectivity index (χ0) is 15.7. The monoisotopic (exact) mass is 294 g/mol. The highest BCUT2D eigenvalue weighted by Crippen LogP contribution is 2.09. The minimum Gasteiger partial charge on any atom is -0.338 e. The fraction of sp³-hybridized carbons (Fsp3) is 0.750. The molecule has 0 aromatic carbocycles. The van der Waals surface area contributed by atoms with Gasteiger partial charge >= 0.3 is 6.03 Å². The summed E-state index contributed by atoms with van der Waals surface area (Å²) in [6, 6.07) is -0.0129. The third kappa shape index (κ3) is 7.73. The van der Waals surface area contributed by atoms with Gasteiger partial charge in [-0.1, -0.05) is 39.5 Å². The van der Waals surface area contributed by atoms with Crippen molar-refractivity contribution in [1.82, 2.24) is 20.0 Å². The molecule has 1 rings (SSSR count). The second-order valence-electron chi connectivity index (χ2n) is 6.21. The SMILES string of the molecule is CC(C)CCCCCCNC(=O)N(C)Cc1cnn(C)c1. The molecule has 2 amide bonds. The second-order valence-corrected chi connectivity index (χ2v) is 6.21. The Kier molecular flexibility index (Phi) is 7.87. The topological polar surface area (TPSA) is 50.2 Å². The van der Waals surface area contributed by atoms with Gasteiger partial charge in [0.2, 0.25) is 0 Å². The van der Waals surface area contributed by atoms with E-state index in [-0.39, 0.29) is 6.03 Å². The van der Waals surface area contributed by atoms with E-state index in [2.05, 4.69) is 24.3 Å². The Morgan fingerprint density at radius 1 is 1.33 bits per heavy atom. The van der Waals surface area contributed by atoms with Crippen molar-refractivity contribution in [2.24, 2.45) is 13.0 Å². The van der Waals surface area contributed by atoms with Crippen LogP contribution in [0.5, 0.6) is 0 Å². The van der Waals surface area contributed by atoms with Gasteiger partial charge in [-0.25, -0.2) is 4.79 Å². The van der Waals surface area contributed by atoms with Crippen LogP contribution in [-0.4, -0.2) is 34.3 Å². The molecule has 1 aromatic heterocycles. The summed E-state index contributed by atoms with van der Waals surface area (Å²) in [4.78, 5) is 13.6. The van der Waals surface area contributed by atoms with Crippen molar-refractivity contribution in [1.29, 1.82) is 0 Å². The lowest BCUT2D eigenvalue weighted by atomic mass is 10.0. The molecule has 5 nitrogen and oxygen atoms in total. The molecule has 0 saturated carbocycles. The molecule has 5 heteroatoms. The van der Waals surface area contributed by atoms with Gasteiger partial charge in [-0.15, -0.1) is 0 Å². The highest BCUT2D eigenvalue weighted by Gasteiger charge is 2.09. The van der Waals surface area contributed by atoms with Crippen molar-refractivity contribution >= 4 is 6.03 Å². The minimum atomic E-state index is -0.0129. The Morgan fingerprint density at radius 2 is 2.05 bits per heavy atom. The summed E-state index contributed by atoms with van der Waals surface area (Å²) < 4.78 is 1.75. The molecule has 0 fully saturated rings. The highest BCUT2D eigenvalue weighted by atomic mass is 16.2. The van der Waals surface area contributed by atoms with E-state index in [0.717, 1.165) is 24.4 Å². The summed E-state index contributed by atoms with van der Waals surface area (Å²) in [5.41, 5.74) is 1.05. The van der Waals surface area contributed by atoms with Crippen molar-refractivity contribution in [3.05, 3.63) is 18.0 Å². The third-order valence-electron chi connectivity index (χ3n) is 3.51. The van der Waals surface area contributed by atoms with Crippen LogP contribution in [0.4, 0.5) is 4.79 Å². The highest BCUT2D eigenvalue weighted by molar-refractivity contribution is 5.73. The number of hydrogen-bond donors (Lipinski definition) is 1. The van der Waals surface area contributed by atoms with Crippen LogP contribution in [0, 0.1) is 5.92 Å². The Labute approximate surface area is 128 Å². The summed E-state index contributed by atoms with van der Waals surface area (Å²) in [5.74, 6) is 0.797. The number of hydrogen-bond acceptors (Lipinski definition) is 2. The van der Waals surface area contributed by atoms with Gasteiger partial charge in [0.1, 0.15) is 0 Å². The van der Waals surface area contributed by atoms with Crippen molar-refractivity contribution in [3.63, 3.8) is 0 Å². The maximum absolute atomic E-state index is 11.9. The first-order chi connectivity index (χ1) is 9.99. The van der Waals surface area contributed by atoms with Crippen LogP contribution < -0.4 is 5.32 Å². The van der Waals surface area contributed by atoms with Gasteiger partial charge in [-0.2, -0.15) is 5.10 Å². The first kappa shape index (κ1) is 17.5. The summed E-state index contributed by atoms with van der Waals surface area (Å²) in [7, 11) is 3.69. The maximum Gasteiger partial charge on any atom is 0.317 e. The Hall–Kier alpha value is -1.52. The summed E-state index contributed by atoms with van der Waals surface area (Å²) in [6.45, 7) is 5.88. The number of rotatable bonds is 9. The molecule has 0 spiro atoms. The Bertz CT molecular complexity index is 414.